The maximum absolute atomic E-state index is 12.2. The summed E-state index contributed by atoms with van der Waals surface area (Å²) in [4.78, 5) is 23.4. The van der Waals surface area contributed by atoms with Gasteiger partial charge in [-0.25, -0.2) is 4.98 Å². The fourth-order valence-corrected chi connectivity index (χ4v) is 4.43. The first-order valence-corrected chi connectivity index (χ1v) is 10.4. The highest BCUT2D eigenvalue weighted by Crippen LogP contribution is 2.30. The molecule has 4 aromatic heterocycles. The van der Waals surface area contributed by atoms with E-state index in [1.807, 2.05) is 30.1 Å². The Kier molecular flexibility index (Phi) is 4.10. The highest BCUT2D eigenvalue weighted by atomic mass is 16.5. The van der Waals surface area contributed by atoms with Crippen molar-refractivity contribution in [3.8, 4) is 11.1 Å². The molecular weight excluding hydrogens is 394 g/mol. The molecule has 0 saturated carbocycles. The van der Waals surface area contributed by atoms with Crippen molar-refractivity contribution in [2.75, 3.05) is 18.1 Å². The highest BCUT2D eigenvalue weighted by molar-refractivity contribution is 5.66. The van der Waals surface area contributed by atoms with Gasteiger partial charge < -0.3 is 9.64 Å². The second-order valence-electron chi connectivity index (χ2n) is 7.99. The third-order valence-corrected chi connectivity index (χ3v) is 6.03. The summed E-state index contributed by atoms with van der Waals surface area (Å²) in [6, 6.07) is 5.54. The fourth-order valence-electron chi connectivity index (χ4n) is 4.43. The number of pyridine rings is 1. The molecule has 6 heterocycles. The molecule has 0 saturated heterocycles. The first-order chi connectivity index (χ1) is 15.2. The first-order valence-electron chi connectivity index (χ1n) is 10.4. The van der Waals surface area contributed by atoms with Crippen LogP contribution in [0.15, 0.2) is 41.6 Å². The van der Waals surface area contributed by atoms with Crippen LogP contribution in [-0.4, -0.2) is 42.5 Å². The van der Waals surface area contributed by atoms with Crippen LogP contribution < -0.4 is 10.5 Å². The Hall–Kier alpha value is -3.59. The minimum absolute atomic E-state index is 0.180. The predicted octanol–water partition coefficient (Wildman–Crippen LogP) is 1.75. The summed E-state index contributed by atoms with van der Waals surface area (Å²) in [5.74, 6) is 0.801. The largest absolute Gasteiger partial charge is 0.373 e. The molecule has 0 N–H and O–H groups in total. The van der Waals surface area contributed by atoms with Gasteiger partial charge in [-0.05, 0) is 30.2 Å². The molecule has 0 fully saturated rings. The molecule has 2 aliphatic heterocycles. The van der Waals surface area contributed by atoms with Gasteiger partial charge in [0.05, 0.1) is 31.6 Å². The maximum Gasteiger partial charge on any atom is 0.274 e. The number of anilines is 1. The number of aryl methyl sites for hydroxylation is 1. The van der Waals surface area contributed by atoms with Crippen LogP contribution in [0.5, 0.6) is 0 Å². The smallest absolute Gasteiger partial charge is 0.274 e. The molecule has 0 spiro atoms. The Morgan fingerprint density at radius 2 is 2.06 bits per heavy atom. The quantitative estimate of drug-likeness (QED) is 0.493. The van der Waals surface area contributed by atoms with Crippen LogP contribution in [0.25, 0.3) is 16.8 Å². The SMILES string of the molecule is Cc1cc2nccc(=O)n2nc1N1CCc2ncc(-c3cnn4c3COCC4)cc2C1. The van der Waals surface area contributed by atoms with Crippen molar-refractivity contribution >= 4 is 11.5 Å². The van der Waals surface area contributed by atoms with Crippen LogP contribution >= 0.6 is 0 Å². The van der Waals surface area contributed by atoms with Crippen molar-refractivity contribution in [3.05, 3.63) is 69.7 Å². The molecule has 4 aromatic rings. The van der Waals surface area contributed by atoms with E-state index in [2.05, 4.69) is 26.1 Å². The van der Waals surface area contributed by atoms with Gasteiger partial charge in [-0.15, -0.1) is 5.10 Å². The molecule has 2 aliphatic rings. The number of rotatable bonds is 2. The molecule has 0 atom stereocenters. The summed E-state index contributed by atoms with van der Waals surface area (Å²) in [5.41, 5.74) is 6.87. The van der Waals surface area contributed by atoms with E-state index >= 15 is 0 Å². The topological polar surface area (TPSA) is 90.4 Å². The van der Waals surface area contributed by atoms with E-state index in [9.17, 15) is 4.79 Å². The van der Waals surface area contributed by atoms with E-state index in [-0.39, 0.29) is 5.56 Å². The second-order valence-corrected chi connectivity index (χ2v) is 7.99. The third kappa shape index (κ3) is 3.00. The monoisotopic (exact) mass is 415 g/mol. The number of aromatic nitrogens is 6. The number of nitrogens with zero attached hydrogens (tertiary/aromatic N) is 7. The summed E-state index contributed by atoms with van der Waals surface area (Å²) in [5, 5.41) is 9.12. The van der Waals surface area contributed by atoms with Crippen molar-refractivity contribution in [2.24, 2.45) is 0 Å². The van der Waals surface area contributed by atoms with E-state index < -0.39 is 0 Å². The average Bonchev–Trinajstić information content (AvgIpc) is 3.22. The first kappa shape index (κ1) is 18.2. The van der Waals surface area contributed by atoms with Gasteiger partial charge >= 0.3 is 0 Å². The van der Waals surface area contributed by atoms with Crippen LogP contribution in [0.4, 0.5) is 5.82 Å². The molecule has 0 unspecified atom stereocenters. The van der Waals surface area contributed by atoms with Gasteiger partial charge in [-0.1, -0.05) is 0 Å². The van der Waals surface area contributed by atoms with Gasteiger partial charge in [0, 0.05) is 54.8 Å². The molecule has 0 aromatic carbocycles. The minimum Gasteiger partial charge on any atom is -0.373 e. The van der Waals surface area contributed by atoms with E-state index in [0.29, 0.717) is 25.4 Å². The Labute approximate surface area is 177 Å². The summed E-state index contributed by atoms with van der Waals surface area (Å²) in [6.45, 7) is 5.53. The lowest BCUT2D eigenvalue weighted by Gasteiger charge is -2.30. The zero-order chi connectivity index (χ0) is 20.9. The number of hydrogen-bond donors (Lipinski definition) is 0. The molecule has 31 heavy (non-hydrogen) atoms. The number of hydrogen-bond acceptors (Lipinski definition) is 7. The fraction of sp³-hybridized carbons (Fsp3) is 0.318. The van der Waals surface area contributed by atoms with Crippen LogP contribution in [0.2, 0.25) is 0 Å². The van der Waals surface area contributed by atoms with Crippen molar-refractivity contribution in [1.82, 2.24) is 29.4 Å². The molecule has 0 aliphatic carbocycles. The lowest BCUT2D eigenvalue weighted by atomic mass is 10.00. The molecule has 9 heteroatoms. The van der Waals surface area contributed by atoms with Gasteiger partial charge in [0.25, 0.3) is 5.56 Å². The highest BCUT2D eigenvalue weighted by Gasteiger charge is 2.23. The van der Waals surface area contributed by atoms with E-state index in [0.717, 1.165) is 53.4 Å². The van der Waals surface area contributed by atoms with Crippen LogP contribution in [0, 0.1) is 6.92 Å². The lowest BCUT2D eigenvalue weighted by Crippen LogP contribution is -2.33. The molecular formula is C22H21N7O2. The normalized spacial score (nSPS) is 15.7. The van der Waals surface area contributed by atoms with E-state index in [1.165, 1.54) is 22.3 Å². The molecule has 156 valence electrons. The predicted molar refractivity (Wildman–Crippen MR) is 114 cm³/mol. The Morgan fingerprint density at radius 1 is 1.13 bits per heavy atom. The number of ether oxygens (including phenoxy) is 1. The maximum atomic E-state index is 12.2. The molecule has 6 rings (SSSR count). The van der Waals surface area contributed by atoms with Gasteiger partial charge in [0.2, 0.25) is 0 Å². The van der Waals surface area contributed by atoms with Gasteiger partial charge in [-0.3, -0.25) is 14.5 Å². The average molecular weight is 415 g/mol. The Bertz CT molecular complexity index is 1370. The summed E-state index contributed by atoms with van der Waals surface area (Å²) < 4.78 is 9.01. The van der Waals surface area contributed by atoms with E-state index in [4.69, 9.17) is 9.72 Å². The van der Waals surface area contributed by atoms with E-state index in [1.54, 1.807) is 0 Å². The van der Waals surface area contributed by atoms with Gasteiger partial charge in [0.15, 0.2) is 11.5 Å². The summed E-state index contributed by atoms with van der Waals surface area (Å²) >= 11 is 0. The van der Waals surface area contributed by atoms with Crippen LogP contribution in [0.1, 0.15) is 22.5 Å². The molecule has 9 nitrogen and oxygen atoms in total. The third-order valence-electron chi connectivity index (χ3n) is 6.03. The molecule has 0 amide bonds. The van der Waals surface area contributed by atoms with Crippen molar-refractivity contribution < 1.29 is 4.74 Å². The van der Waals surface area contributed by atoms with Crippen molar-refractivity contribution in [1.29, 1.82) is 0 Å². The van der Waals surface area contributed by atoms with Crippen LogP contribution in [-0.2, 0) is 30.9 Å². The Balaban J connectivity index is 1.37. The van der Waals surface area contributed by atoms with Crippen molar-refractivity contribution in [3.63, 3.8) is 0 Å². The van der Waals surface area contributed by atoms with Crippen molar-refractivity contribution in [2.45, 2.75) is 33.0 Å². The second kappa shape index (κ2) is 6.98. The van der Waals surface area contributed by atoms with Gasteiger partial charge in [0.1, 0.15) is 0 Å². The summed E-state index contributed by atoms with van der Waals surface area (Å²) in [7, 11) is 0. The zero-order valence-electron chi connectivity index (χ0n) is 17.2. The zero-order valence-corrected chi connectivity index (χ0v) is 17.2. The van der Waals surface area contributed by atoms with Gasteiger partial charge in [-0.2, -0.15) is 9.61 Å². The minimum atomic E-state index is -0.180. The number of fused-ring (bicyclic) bond motifs is 3. The standard InChI is InChI=1S/C22H21N7O2/c1-14-8-20-23-4-2-21(30)29(20)26-22(14)27-5-3-18-16(12-27)9-15(10-24-18)17-11-25-28-6-7-31-13-19(17)28/h2,4,8-11H,3,5-7,12-13H2,1H3. The lowest BCUT2D eigenvalue weighted by molar-refractivity contribution is 0.0804. The van der Waals surface area contributed by atoms with Crippen LogP contribution in [0.3, 0.4) is 0 Å². The summed E-state index contributed by atoms with van der Waals surface area (Å²) in [6.07, 6.45) is 6.18. The Morgan fingerprint density at radius 3 is 3.00 bits per heavy atom. The molecule has 0 bridgehead atoms. The molecule has 0 radical (unpaired) electrons.